The Bertz CT molecular complexity index is 1250. The van der Waals surface area contributed by atoms with Crippen LogP contribution >= 0.6 is 22.9 Å². The van der Waals surface area contributed by atoms with Crippen molar-refractivity contribution < 1.29 is 17.6 Å². The molecular formula is C19H15ClFN3O3S2. The van der Waals surface area contributed by atoms with Gasteiger partial charge in [-0.05, 0) is 42.8 Å². The number of hydrogen-bond acceptors (Lipinski definition) is 5. The van der Waals surface area contributed by atoms with Gasteiger partial charge in [0.15, 0.2) is 0 Å². The molecule has 1 aromatic heterocycles. The molecule has 0 atom stereocenters. The minimum absolute atomic E-state index is 0.00871. The lowest BCUT2D eigenvalue weighted by Gasteiger charge is -2.10. The number of hydrogen-bond donors (Lipinski definition) is 2. The van der Waals surface area contributed by atoms with E-state index in [0.29, 0.717) is 34.6 Å². The van der Waals surface area contributed by atoms with Crippen LogP contribution in [-0.4, -0.2) is 26.7 Å². The molecule has 4 rings (SSSR count). The molecule has 1 amide bonds. The molecule has 0 bridgehead atoms. The number of halogens is 2. The number of fused-ring (bicyclic) bond motifs is 1. The first-order chi connectivity index (χ1) is 13.8. The number of anilines is 1. The highest BCUT2D eigenvalue weighted by Crippen LogP contribution is 2.36. The monoisotopic (exact) mass is 451 g/mol. The first kappa shape index (κ1) is 19.8. The predicted molar refractivity (Wildman–Crippen MR) is 113 cm³/mol. The average molecular weight is 452 g/mol. The summed E-state index contributed by atoms with van der Waals surface area (Å²) in [6, 6.07) is 10.0. The minimum Gasteiger partial charge on any atom is -0.321 e. The third-order valence-corrected chi connectivity index (χ3v) is 7.36. The van der Waals surface area contributed by atoms with Crippen molar-refractivity contribution in [3.05, 3.63) is 58.2 Å². The maximum atomic E-state index is 13.4. The Morgan fingerprint density at radius 3 is 2.79 bits per heavy atom. The van der Waals surface area contributed by atoms with Crippen molar-refractivity contribution in [1.82, 2.24) is 4.72 Å². The van der Waals surface area contributed by atoms with Crippen LogP contribution in [-0.2, 0) is 10.0 Å². The lowest BCUT2D eigenvalue weighted by molar-refractivity contribution is 0.103. The fourth-order valence-corrected chi connectivity index (χ4v) is 5.52. The van der Waals surface area contributed by atoms with Gasteiger partial charge in [0.25, 0.3) is 15.9 Å². The number of carbonyl (C=O) groups is 1. The third-order valence-electron chi connectivity index (χ3n) is 4.33. The lowest BCUT2D eigenvalue weighted by Crippen LogP contribution is -2.29. The molecule has 1 aliphatic heterocycles. The van der Waals surface area contributed by atoms with E-state index >= 15 is 0 Å². The number of carbonyl (C=O) groups excluding carboxylic acids is 1. The highest BCUT2D eigenvalue weighted by Gasteiger charge is 2.21. The van der Waals surface area contributed by atoms with Crippen LogP contribution in [0.5, 0.6) is 0 Å². The molecule has 0 saturated heterocycles. The molecule has 2 N–H and O–H groups in total. The third kappa shape index (κ3) is 4.12. The topological polar surface area (TPSA) is 87.6 Å². The molecule has 29 heavy (non-hydrogen) atoms. The molecule has 2 aromatic carbocycles. The molecular weight excluding hydrogens is 437 g/mol. The largest absolute Gasteiger partial charge is 0.321 e. The Morgan fingerprint density at radius 2 is 2.03 bits per heavy atom. The molecule has 0 radical (unpaired) electrons. The second-order valence-corrected chi connectivity index (χ2v) is 9.52. The van der Waals surface area contributed by atoms with E-state index in [1.54, 1.807) is 6.07 Å². The number of amidine groups is 1. The van der Waals surface area contributed by atoms with Crippen LogP contribution in [0.1, 0.15) is 22.5 Å². The van der Waals surface area contributed by atoms with Crippen molar-refractivity contribution in [2.75, 3.05) is 11.9 Å². The van der Waals surface area contributed by atoms with Gasteiger partial charge in [0.1, 0.15) is 16.5 Å². The van der Waals surface area contributed by atoms with Gasteiger partial charge in [-0.2, -0.15) is 0 Å². The summed E-state index contributed by atoms with van der Waals surface area (Å²) in [5.41, 5.74) is 0.297. The van der Waals surface area contributed by atoms with Gasteiger partial charge in [0, 0.05) is 28.7 Å². The smallest absolute Gasteiger partial charge is 0.267 e. The number of nitrogens with zero attached hydrogens (tertiary/aromatic N) is 1. The Kier molecular flexibility index (Phi) is 5.28. The van der Waals surface area contributed by atoms with Gasteiger partial charge in [-0.3, -0.25) is 14.5 Å². The van der Waals surface area contributed by atoms with Crippen LogP contribution in [0.25, 0.3) is 10.1 Å². The van der Waals surface area contributed by atoms with Gasteiger partial charge in [0.2, 0.25) is 0 Å². The van der Waals surface area contributed by atoms with Crippen molar-refractivity contribution in [3.63, 3.8) is 0 Å². The molecule has 1 aliphatic rings. The fraction of sp³-hybridized carbons (Fsp3) is 0.158. The van der Waals surface area contributed by atoms with Crippen molar-refractivity contribution in [2.24, 2.45) is 4.99 Å². The first-order valence-electron chi connectivity index (χ1n) is 8.68. The summed E-state index contributed by atoms with van der Waals surface area (Å²) in [4.78, 5) is 17.0. The zero-order valence-electron chi connectivity index (χ0n) is 14.9. The van der Waals surface area contributed by atoms with Crippen LogP contribution in [0.3, 0.4) is 0 Å². The second kappa shape index (κ2) is 7.74. The summed E-state index contributed by atoms with van der Waals surface area (Å²) in [6.07, 6.45) is 1.40. The molecule has 3 aromatic rings. The van der Waals surface area contributed by atoms with Gasteiger partial charge in [0.05, 0.1) is 9.92 Å². The maximum absolute atomic E-state index is 13.4. The van der Waals surface area contributed by atoms with E-state index in [1.807, 2.05) is 0 Å². The predicted octanol–water partition coefficient (Wildman–Crippen LogP) is 4.42. The van der Waals surface area contributed by atoms with E-state index in [-0.39, 0.29) is 14.8 Å². The van der Waals surface area contributed by atoms with Crippen molar-refractivity contribution in [1.29, 1.82) is 0 Å². The van der Waals surface area contributed by atoms with Gasteiger partial charge in [-0.15, -0.1) is 11.3 Å². The van der Waals surface area contributed by atoms with E-state index in [0.717, 1.165) is 17.8 Å². The van der Waals surface area contributed by atoms with Crippen LogP contribution in [0.4, 0.5) is 10.1 Å². The maximum Gasteiger partial charge on any atom is 0.267 e. The minimum atomic E-state index is -3.80. The van der Waals surface area contributed by atoms with Crippen molar-refractivity contribution in [2.45, 2.75) is 17.7 Å². The van der Waals surface area contributed by atoms with Crippen LogP contribution < -0.4 is 10.0 Å². The SMILES string of the molecule is O=C(Nc1cccc(S(=O)(=O)NC2=NCCC2)c1)c1sc2cc(F)ccc2c1Cl. The molecule has 0 unspecified atom stereocenters. The first-order valence-corrected chi connectivity index (χ1v) is 11.4. The normalized spacial score (nSPS) is 14.1. The summed E-state index contributed by atoms with van der Waals surface area (Å²) in [7, 11) is -3.80. The van der Waals surface area contributed by atoms with E-state index < -0.39 is 21.7 Å². The number of amides is 1. The Hall–Kier alpha value is -2.49. The van der Waals surface area contributed by atoms with Gasteiger partial charge in [-0.25, -0.2) is 12.8 Å². The highest BCUT2D eigenvalue weighted by molar-refractivity contribution is 7.90. The standard InChI is InChI=1S/C19H15ClFN3O3S2/c20-17-14-7-6-11(21)9-15(14)28-18(17)19(25)23-12-3-1-4-13(10-12)29(26,27)24-16-5-2-8-22-16/h1,3-4,6-7,9-10H,2,5,8H2,(H,22,24)(H,23,25). The Labute approximate surface area is 175 Å². The number of benzene rings is 2. The summed E-state index contributed by atoms with van der Waals surface area (Å²) in [5, 5.41) is 3.46. The number of sulfonamides is 1. The second-order valence-electron chi connectivity index (χ2n) is 6.41. The van der Waals surface area contributed by atoms with E-state index in [9.17, 15) is 17.6 Å². The van der Waals surface area contributed by atoms with Crippen LogP contribution in [0.15, 0.2) is 52.4 Å². The Morgan fingerprint density at radius 1 is 1.21 bits per heavy atom. The molecule has 0 spiro atoms. The van der Waals surface area contributed by atoms with Gasteiger partial charge >= 0.3 is 0 Å². The number of rotatable bonds is 4. The molecule has 2 heterocycles. The van der Waals surface area contributed by atoms with E-state index in [4.69, 9.17) is 11.6 Å². The number of aliphatic imine (C=N–C) groups is 1. The Balaban J connectivity index is 1.58. The molecule has 6 nitrogen and oxygen atoms in total. The van der Waals surface area contributed by atoms with E-state index in [2.05, 4.69) is 15.0 Å². The van der Waals surface area contributed by atoms with Crippen molar-refractivity contribution >= 4 is 60.5 Å². The van der Waals surface area contributed by atoms with Gasteiger partial charge < -0.3 is 5.32 Å². The van der Waals surface area contributed by atoms with Crippen LogP contribution in [0.2, 0.25) is 5.02 Å². The quantitative estimate of drug-likeness (QED) is 0.615. The summed E-state index contributed by atoms with van der Waals surface area (Å²) in [5.74, 6) is -0.484. The van der Waals surface area contributed by atoms with Crippen LogP contribution in [0, 0.1) is 5.82 Å². The number of nitrogens with one attached hydrogen (secondary N) is 2. The molecule has 0 saturated carbocycles. The fourth-order valence-electron chi connectivity index (χ4n) is 2.95. The molecule has 0 fully saturated rings. The lowest BCUT2D eigenvalue weighted by atomic mass is 10.2. The molecule has 10 heteroatoms. The summed E-state index contributed by atoms with van der Waals surface area (Å²) < 4.78 is 41.5. The highest BCUT2D eigenvalue weighted by atomic mass is 35.5. The summed E-state index contributed by atoms with van der Waals surface area (Å²) >= 11 is 7.34. The molecule has 150 valence electrons. The van der Waals surface area contributed by atoms with Crippen molar-refractivity contribution in [3.8, 4) is 0 Å². The zero-order chi connectivity index (χ0) is 20.6. The average Bonchev–Trinajstić information content (AvgIpc) is 3.29. The molecule has 0 aliphatic carbocycles. The summed E-state index contributed by atoms with van der Waals surface area (Å²) in [6.45, 7) is 0.605. The van der Waals surface area contributed by atoms with Gasteiger partial charge in [-0.1, -0.05) is 17.7 Å². The number of thiophene rings is 1. The van der Waals surface area contributed by atoms with E-state index in [1.165, 1.54) is 36.4 Å². The zero-order valence-corrected chi connectivity index (χ0v) is 17.3.